The summed E-state index contributed by atoms with van der Waals surface area (Å²) in [6.07, 6.45) is 1.55. The summed E-state index contributed by atoms with van der Waals surface area (Å²) < 4.78 is 17.1. The van der Waals surface area contributed by atoms with Crippen molar-refractivity contribution in [3.8, 4) is 0 Å². The molecular formula is C22H18N2O5. The first-order valence-electron chi connectivity index (χ1n) is 9.32. The number of fused-ring (bicyclic) bond motifs is 1. The van der Waals surface area contributed by atoms with E-state index in [9.17, 15) is 9.59 Å². The van der Waals surface area contributed by atoms with E-state index in [4.69, 9.17) is 13.9 Å². The van der Waals surface area contributed by atoms with E-state index in [1.807, 2.05) is 60.7 Å². The third-order valence-corrected chi connectivity index (χ3v) is 5.61. The smallest absolute Gasteiger partial charge is 0.411 e. The fourth-order valence-electron chi connectivity index (χ4n) is 4.21. The molecule has 3 aromatic rings. The number of rotatable bonds is 4. The largest absolute Gasteiger partial charge is 0.462 e. The van der Waals surface area contributed by atoms with Gasteiger partial charge >= 0.3 is 12.1 Å². The van der Waals surface area contributed by atoms with E-state index < -0.39 is 29.6 Å². The van der Waals surface area contributed by atoms with Gasteiger partial charge in [0, 0.05) is 0 Å². The molecule has 0 N–H and O–H groups in total. The second-order valence-electron chi connectivity index (χ2n) is 7.17. The molecule has 29 heavy (non-hydrogen) atoms. The van der Waals surface area contributed by atoms with Crippen LogP contribution in [0.1, 0.15) is 16.9 Å². The van der Waals surface area contributed by atoms with Crippen molar-refractivity contribution < 1.29 is 23.5 Å². The van der Waals surface area contributed by atoms with E-state index in [1.54, 1.807) is 6.20 Å². The van der Waals surface area contributed by atoms with Gasteiger partial charge in [-0.05, 0) is 11.1 Å². The Labute approximate surface area is 166 Å². The Morgan fingerprint density at radius 2 is 1.76 bits per heavy atom. The number of esters is 1. The number of carbonyl (C=O) groups is 2. The fraction of sp³-hybridized carbons (Fsp3) is 0.227. The number of carbonyl (C=O) groups excluding carboxylic acids is 2. The second-order valence-corrected chi connectivity index (χ2v) is 7.17. The minimum absolute atomic E-state index is 0.00133. The lowest BCUT2D eigenvalue weighted by Gasteiger charge is -2.41. The summed E-state index contributed by atoms with van der Waals surface area (Å²) in [5, 5.41) is 0. The molecule has 3 atom stereocenters. The topological polar surface area (TPSA) is 81.9 Å². The molecule has 7 nitrogen and oxygen atoms in total. The van der Waals surface area contributed by atoms with Gasteiger partial charge in [-0.2, -0.15) is 0 Å². The molecule has 2 saturated heterocycles. The molecule has 5 rings (SSSR count). The number of oxazole rings is 1. The first kappa shape index (κ1) is 17.5. The highest BCUT2D eigenvalue weighted by atomic mass is 16.6. The number of benzene rings is 2. The molecule has 146 valence electrons. The van der Waals surface area contributed by atoms with Gasteiger partial charge in [-0.3, -0.25) is 4.90 Å². The molecule has 0 unspecified atom stereocenters. The Balaban J connectivity index is 1.61. The van der Waals surface area contributed by atoms with Gasteiger partial charge in [-0.15, -0.1) is 0 Å². The summed E-state index contributed by atoms with van der Waals surface area (Å²) in [6.45, 7) is 0.246. The molecule has 0 radical (unpaired) electrons. The second kappa shape index (κ2) is 6.77. The number of ether oxygens (including phenoxy) is 2. The van der Waals surface area contributed by atoms with Crippen LogP contribution in [-0.4, -0.2) is 40.7 Å². The molecule has 0 bridgehead atoms. The maximum Gasteiger partial charge on any atom is 0.411 e. The number of hydrogen-bond acceptors (Lipinski definition) is 6. The Hall–Kier alpha value is -3.61. The first-order valence-corrected chi connectivity index (χ1v) is 9.32. The predicted octanol–water partition coefficient (Wildman–Crippen LogP) is 2.91. The molecule has 7 heteroatoms. The minimum atomic E-state index is -0.975. The van der Waals surface area contributed by atoms with Crippen LogP contribution in [0, 0.1) is 0 Å². The van der Waals surface area contributed by atoms with Crippen LogP contribution in [0.15, 0.2) is 77.7 Å². The average Bonchev–Trinajstić information content (AvgIpc) is 3.40. The van der Waals surface area contributed by atoms with E-state index in [-0.39, 0.29) is 13.2 Å². The zero-order chi connectivity index (χ0) is 19.8. The molecule has 0 saturated carbocycles. The highest BCUT2D eigenvalue weighted by Crippen LogP contribution is 2.45. The van der Waals surface area contributed by atoms with Crippen molar-refractivity contribution in [2.75, 3.05) is 6.61 Å². The number of hydrogen-bond donors (Lipinski definition) is 0. The monoisotopic (exact) mass is 390 g/mol. The van der Waals surface area contributed by atoms with Crippen molar-refractivity contribution in [2.45, 2.75) is 24.1 Å². The van der Waals surface area contributed by atoms with Gasteiger partial charge in [0.05, 0.1) is 12.7 Å². The van der Waals surface area contributed by atoms with Crippen molar-refractivity contribution in [1.29, 1.82) is 0 Å². The van der Waals surface area contributed by atoms with E-state index in [0.717, 1.165) is 11.1 Å². The quantitative estimate of drug-likeness (QED) is 0.637. The Bertz CT molecular complexity index is 1020. The molecule has 2 fully saturated rings. The molecule has 3 heterocycles. The molecule has 2 aliphatic rings. The number of nitrogens with zero attached hydrogens (tertiary/aromatic N) is 2. The third-order valence-electron chi connectivity index (χ3n) is 5.61. The Morgan fingerprint density at radius 3 is 2.45 bits per heavy atom. The van der Waals surface area contributed by atoms with Crippen molar-refractivity contribution in [3.05, 3.63) is 90.1 Å². The predicted molar refractivity (Wildman–Crippen MR) is 101 cm³/mol. The zero-order valence-electron chi connectivity index (χ0n) is 15.4. The van der Waals surface area contributed by atoms with Gasteiger partial charge in [0.2, 0.25) is 0 Å². The standard InChI is InChI=1S/C22H18N2O5/c25-20-18-19(29-21(26)24(18)12-15-7-3-1-4-8-15)22(13-27-20,17-11-23-14-28-17)16-9-5-2-6-10-16/h1-11,14,18-19H,12-13H2/t18-,19+,22-/m1/s1. The maximum atomic E-state index is 12.8. The summed E-state index contributed by atoms with van der Waals surface area (Å²) in [5.41, 5.74) is 0.749. The summed E-state index contributed by atoms with van der Waals surface area (Å²) in [4.78, 5) is 31.1. The average molecular weight is 390 g/mol. The lowest BCUT2D eigenvalue weighted by molar-refractivity contribution is -0.162. The van der Waals surface area contributed by atoms with Crippen LogP contribution >= 0.6 is 0 Å². The van der Waals surface area contributed by atoms with Crippen LogP contribution in [0.25, 0.3) is 0 Å². The summed E-state index contributed by atoms with van der Waals surface area (Å²) in [5.74, 6) is 0.00316. The van der Waals surface area contributed by atoms with E-state index >= 15 is 0 Å². The highest BCUT2D eigenvalue weighted by Gasteiger charge is 2.63. The molecule has 1 aromatic heterocycles. The van der Waals surface area contributed by atoms with Crippen molar-refractivity contribution >= 4 is 12.1 Å². The van der Waals surface area contributed by atoms with Crippen LogP contribution in [0.4, 0.5) is 4.79 Å². The van der Waals surface area contributed by atoms with Crippen LogP contribution in [0.2, 0.25) is 0 Å². The van der Waals surface area contributed by atoms with Gasteiger partial charge in [0.1, 0.15) is 17.8 Å². The Morgan fingerprint density at radius 1 is 1.03 bits per heavy atom. The van der Waals surface area contributed by atoms with Crippen molar-refractivity contribution in [2.24, 2.45) is 0 Å². The fourth-order valence-corrected chi connectivity index (χ4v) is 4.21. The molecule has 1 amide bonds. The maximum absolute atomic E-state index is 12.8. The van der Waals surface area contributed by atoms with Crippen LogP contribution in [0.5, 0.6) is 0 Å². The van der Waals surface area contributed by atoms with Gasteiger partial charge < -0.3 is 13.9 Å². The van der Waals surface area contributed by atoms with Crippen molar-refractivity contribution in [1.82, 2.24) is 9.88 Å². The molecule has 0 spiro atoms. The molecule has 0 aliphatic carbocycles. The molecule has 2 aliphatic heterocycles. The van der Waals surface area contributed by atoms with Crippen LogP contribution < -0.4 is 0 Å². The summed E-state index contributed by atoms with van der Waals surface area (Å²) in [7, 11) is 0. The number of cyclic esters (lactones) is 1. The summed E-state index contributed by atoms with van der Waals surface area (Å²) in [6, 6.07) is 18.1. The lowest BCUT2D eigenvalue weighted by Crippen LogP contribution is -2.59. The SMILES string of the molecule is O=C1OC[C@@](c2ccccc2)(c2cnco2)[C@H]2OC(=O)N(Cc3ccccc3)[C@@H]12. The van der Waals surface area contributed by atoms with Gasteiger partial charge in [0.15, 0.2) is 18.5 Å². The minimum Gasteiger partial charge on any atom is -0.462 e. The Kier molecular flexibility index (Phi) is 4.08. The van der Waals surface area contributed by atoms with E-state index in [0.29, 0.717) is 5.76 Å². The van der Waals surface area contributed by atoms with E-state index in [1.165, 1.54) is 11.3 Å². The zero-order valence-corrected chi connectivity index (χ0v) is 15.4. The third kappa shape index (κ3) is 2.69. The van der Waals surface area contributed by atoms with Crippen LogP contribution in [0.3, 0.4) is 0 Å². The van der Waals surface area contributed by atoms with Crippen LogP contribution in [-0.2, 0) is 26.2 Å². The number of amides is 1. The van der Waals surface area contributed by atoms with Gasteiger partial charge in [-0.1, -0.05) is 60.7 Å². The summed E-state index contributed by atoms with van der Waals surface area (Å²) >= 11 is 0. The number of aromatic nitrogens is 1. The molecular weight excluding hydrogens is 372 g/mol. The van der Waals surface area contributed by atoms with Crippen molar-refractivity contribution in [3.63, 3.8) is 0 Å². The lowest BCUT2D eigenvalue weighted by atomic mass is 9.70. The van der Waals surface area contributed by atoms with E-state index in [2.05, 4.69) is 4.98 Å². The molecule has 2 aromatic carbocycles. The normalized spacial score (nSPS) is 26.0. The van der Waals surface area contributed by atoms with Gasteiger partial charge in [-0.25, -0.2) is 14.6 Å². The highest BCUT2D eigenvalue weighted by molar-refractivity contribution is 5.87. The van der Waals surface area contributed by atoms with Gasteiger partial charge in [0.25, 0.3) is 0 Å². The first-order chi connectivity index (χ1) is 14.2.